The Kier molecular flexibility index (Phi) is 5.01. The van der Waals surface area contributed by atoms with Crippen LogP contribution in [-0.4, -0.2) is 71.8 Å². The predicted octanol–water partition coefficient (Wildman–Crippen LogP) is 1.47. The molecule has 3 rings (SSSR count). The van der Waals surface area contributed by atoms with E-state index in [2.05, 4.69) is 16.8 Å². The highest BCUT2D eigenvalue weighted by Gasteiger charge is 2.38. The van der Waals surface area contributed by atoms with E-state index < -0.39 is 0 Å². The van der Waals surface area contributed by atoms with Gasteiger partial charge in [-0.1, -0.05) is 6.42 Å². The van der Waals surface area contributed by atoms with E-state index in [0.29, 0.717) is 25.0 Å². The zero-order chi connectivity index (χ0) is 15.5. The van der Waals surface area contributed by atoms with Gasteiger partial charge >= 0.3 is 0 Å². The van der Waals surface area contributed by atoms with E-state index in [-0.39, 0.29) is 11.8 Å². The van der Waals surface area contributed by atoms with Crippen LogP contribution in [0.25, 0.3) is 0 Å². The molecule has 3 fully saturated rings. The van der Waals surface area contributed by atoms with Crippen LogP contribution in [0.5, 0.6) is 0 Å². The van der Waals surface area contributed by atoms with Crippen LogP contribution >= 0.6 is 0 Å². The molecule has 2 atom stereocenters. The number of carbonyl (C=O) groups excluding carboxylic acids is 2. The Balaban J connectivity index is 1.61. The second kappa shape index (κ2) is 6.99. The minimum Gasteiger partial charge on any atom is -0.337 e. The van der Waals surface area contributed by atoms with Crippen molar-refractivity contribution in [3.05, 3.63) is 0 Å². The summed E-state index contributed by atoms with van der Waals surface area (Å²) in [7, 11) is 2.18. The van der Waals surface area contributed by atoms with Gasteiger partial charge in [-0.25, -0.2) is 0 Å². The van der Waals surface area contributed by atoms with Crippen LogP contribution in [-0.2, 0) is 9.59 Å². The molecule has 3 saturated heterocycles. The van der Waals surface area contributed by atoms with Gasteiger partial charge in [-0.05, 0) is 52.1 Å². The van der Waals surface area contributed by atoms with Gasteiger partial charge < -0.3 is 14.7 Å². The molecular weight excluding hydrogens is 278 g/mol. The smallest absolute Gasteiger partial charge is 0.242 e. The number of likely N-dealkylation sites (tertiary alicyclic amines) is 3. The SMILES string of the molecule is CN1CCC[C@@H]1[C@H]1CCCN1C(=O)CN1CCCCCC1=O. The maximum atomic E-state index is 12.8. The molecule has 0 radical (unpaired) electrons. The van der Waals surface area contributed by atoms with Gasteiger partial charge in [0.15, 0.2) is 0 Å². The van der Waals surface area contributed by atoms with E-state index in [4.69, 9.17) is 0 Å². The maximum absolute atomic E-state index is 12.8. The van der Waals surface area contributed by atoms with Crippen molar-refractivity contribution >= 4 is 11.8 Å². The second-order valence-corrected chi connectivity index (χ2v) is 7.11. The van der Waals surface area contributed by atoms with E-state index in [1.807, 2.05) is 0 Å². The van der Waals surface area contributed by atoms with Crippen molar-refractivity contribution < 1.29 is 9.59 Å². The van der Waals surface area contributed by atoms with Gasteiger partial charge in [0.2, 0.25) is 11.8 Å². The van der Waals surface area contributed by atoms with Crippen LogP contribution in [0.15, 0.2) is 0 Å². The van der Waals surface area contributed by atoms with Crippen LogP contribution in [0.3, 0.4) is 0 Å². The molecule has 0 N–H and O–H groups in total. The van der Waals surface area contributed by atoms with Crippen molar-refractivity contribution in [2.75, 3.05) is 33.2 Å². The first-order valence-corrected chi connectivity index (χ1v) is 8.94. The molecule has 0 unspecified atom stereocenters. The minimum atomic E-state index is 0.165. The highest BCUT2D eigenvalue weighted by atomic mass is 16.2. The Hall–Kier alpha value is -1.10. The monoisotopic (exact) mass is 307 g/mol. The fourth-order valence-electron chi connectivity index (χ4n) is 4.38. The van der Waals surface area contributed by atoms with Gasteiger partial charge in [0.25, 0.3) is 0 Å². The molecule has 0 saturated carbocycles. The first-order chi connectivity index (χ1) is 10.7. The summed E-state index contributed by atoms with van der Waals surface area (Å²) in [6.45, 7) is 3.07. The number of rotatable bonds is 3. The van der Waals surface area contributed by atoms with E-state index in [9.17, 15) is 9.59 Å². The van der Waals surface area contributed by atoms with Crippen molar-refractivity contribution in [1.82, 2.24) is 14.7 Å². The second-order valence-electron chi connectivity index (χ2n) is 7.11. The quantitative estimate of drug-likeness (QED) is 0.793. The Morgan fingerprint density at radius 3 is 2.55 bits per heavy atom. The van der Waals surface area contributed by atoms with Gasteiger partial charge in [0.1, 0.15) is 0 Å². The lowest BCUT2D eigenvalue weighted by molar-refractivity contribution is -0.141. The summed E-state index contributed by atoms with van der Waals surface area (Å²) >= 11 is 0. The normalized spacial score (nSPS) is 30.9. The first-order valence-electron chi connectivity index (χ1n) is 8.94. The molecule has 3 heterocycles. The van der Waals surface area contributed by atoms with Crippen LogP contribution in [0.4, 0.5) is 0 Å². The third kappa shape index (κ3) is 3.29. The largest absolute Gasteiger partial charge is 0.337 e. The standard InChI is InChI=1S/C17H29N3O2/c1-18-10-5-7-14(18)15-8-6-12-20(15)17(22)13-19-11-4-2-3-9-16(19)21/h14-15H,2-13H2,1H3/t14-,15-/m1/s1. The Labute approximate surface area is 133 Å². The third-order valence-electron chi connectivity index (χ3n) is 5.64. The number of hydrogen-bond acceptors (Lipinski definition) is 3. The summed E-state index contributed by atoms with van der Waals surface area (Å²) in [6.07, 6.45) is 8.40. The molecule has 0 aromatic heterocycles. The molecule has 2 amide bonds. The third-order valence-corrected chi connectivity index (χ3v) is 5.64. The number of amides is 2. The summed E-state index contributed by atoms with van der Waals surface area (Å²) in [5.74, 6) is 0.331. The van der Waals surface area contributed by atoms with Crippen molar-refractivity contribution in [2.24, 2.45) is 0 Å². The van der Waals surface area contributed by atoms with Crippen molar-refractivity contribution in [2.45, 2.75) is 63.5 Å². The van der Waals surface area contributed by atoms with E-state index in [0.717, 1.165) is 51.7 Å². The summed E-state index contributed by atoms with van der Waals surface area (Å²) in [6, 6.07) is 0.883. The molecule has 5 heteroatoms. The molecule has 5 nitrogen and oxygen atoms in total. The van der Waals surface area contributed by atoms with Crippen molar-refractivity contribution in [3.8, 4) is 0 Å². The highest BCUT2D eigenvalue weighted by Crippen LogP contribution is 2.29. The van der Waals surface area contributed by atoms with Gasteiger partial charge in [0, 0.05) is 31.6 Å². The fraction of sp³-hybridized carbons (Fsp3) is 0.882. The number of hydrogen-bond donors (Lipinski definition) is 0. The molecule has 0 bridgehead atoms. The molecular formula is C17H29N3O2. The average molecular weight is 307 g/mol. The molecule has 22 heavy (non-hydrogen) atoms. The summed E-state index contributed by atoms with van der Waals surface area (Å²) in [5, 5.41) is 0. The van der Waals surface area contributed by atoms with E-state index in [1.165, 1.54) is 12.8 Å². The zero-order valence-corrected chi connectivity index (χ0v) is 13.8. The van der Waals surface area contributed by atoms with Crippen LogP contribution in [0.1, 0.15) is 51.4 Å². The molecule has 3 aliphatic rings. The topological polar surface area (TPSA) is 43.9 Å². The van der Waals surface area contributed by atoms with E-state index >= 15 is 0 Å². The van der Waals surface area contributed by atoms with Crippen LogP contribution in [0, 0.1) is 0 Å². The first kappa shape index (κ1) is 15.8. The predicted molar refractivity (Wildman–Crippen MR) is 85.4 cm³/mol. The lowest BCUT2D eigenvalue weighted by Gasteiger charge is -2.34. The van der Waals surface area contributed by atoms with Gasteiger partial charge in [0.05, 0.1) is 6.54 Å². The molecule has 3 aliphatic heterocycles. The molecule has 0 aromatic rings. The number of likely N-dealkylation sites (N-methyl/N-ethyl adjacent to an activating group) is 1. The highest BCUT2D eigenvalue weighted by molar-refractivity contribution is 5.85. The summed E-state index contributed by atoms with van der Waals surface area (Å²) in [5.41, 5.74) is 0. The molecule has 124 valence electrons. The Bertz CT molecular complexity index is 426. The number of carbonyl (C=O) groups is 2. The Morgan fingerprint density at radius 2 is 1.77 bits per heavy atom. The average Bonchev–Trinajstić information content (AvgIpc) is 3.08. The lowest BCUT2D eigenvalue weighted by atomic mass is 10.0. The maximum Gasteiger partial charge on any atom is 0.242 e. The summed E-state index contributed by atoms with van der Waals surface area (Å²) < 4.78 is 0. The van der Waals surface area contributed by atoms with Crippen LogP contribution < -0.4 is 0 Å². The summed E-state index contributed by atoms with van der Waals surface area (Å²) in [4.78, 5) is 31.1. The molecule has 0 aliphatic carbocycles. The lowest BCUT2D eigenvalue weighted by Crippen LogP contribution is -2.50. The zero-order valence-electron chi connectivity index (χ0n) is 13.8. The van der Waals surface area contributed by atoms with Crippen molar-refractivity contribution in [3.63, 3.8) is 0 Å². The minimum absolute atomic E-state index is 0.165. The van der Waals surface area contributed by atoms with E-state index in [1.54, 1.807) is 4.90 Å². The molecule has 0 aromatic carbocycles. The Morgan fingerprint density at radius 1 is 1.00 bits per heavy atom. The van der Waals surface area contributed by atoms with Crippen molar-refractivity contribution in [1.29, 1.82) is 0 Å². The van der Waals surface area contributed by atoms with Crippen LogP contribution in [0.2, 0.25) is 0 Å². The molecule has 0 spiro atoms. The number of nitrogens with zero attached hydrogens (tertiary/aromatic N) is 3. The fourth-order valence-corrected chi connectivity index (χ4v) is 4.38. The van der Waals surface area contributed by atoms with Gasteiger partial charge in [-0.2, -0.15) is 0 Å². The van der Waals surface area contributed by atoms with Gasteiger partial charge in [-0.15, -0.1) is 0 Å². The van der Waals surface area contributed by atoms with Gasteiger partial charge in [-0.3, -0.25) is 9.59 Å².